The zero-order valence-electron chi connectivity index (χ0n) is 9.37. The molecular weight excluding hydrogens is 186 g/mol. The summed E-state index contributed by atoms with van der Waals surface area (Å²) in [6.45, 7) is 2.06. The Balaban J connectivity index is 1.93. The lowest BCUT2D eigenvalue weighted by Crippen LogP contribution is -2.55. The van der Waals surface area contributed by atoms with Crippen LogP contribution in [0, 0.1) is 6.92 Å². The summed E-state index contributed by atoms with van der Waals surface area (Å²) in [6, 6.07) is 0. The Hall–Kier alpha value is -0.830. The van der Waals surface area contributed by atoms with E-state index in [2.05, 4.69) is 22.7 Å². The first-order chi connectivity index (χ1) is 7.12. The van der Waals surface area contributed by atoms with Crippen molar-refractivity contribution in [3.05, 3.63) is 18.2 Å². The summed E-state index contributed by atoms with van der Waals surface area (Å²) in [5.41, 5.74) is 7.95. The van der Waals surface area contributed by atoms with Crippen LogP contribution < -0.4 is 5.73 Å². The van der Waals surface area contributed by atoms with Crippen molar-refractivity contribution < 1.29 is 0 Å². The summed E-state index contributed by atoms with van der Waals surface area (Å²) in [6.07, 6.45) is 11.5. The zero-order chi connectivity index (χ0) is 10.5. The van der Waals surface area contributed by atoms with E-state index in [1.165, 1.54) is 38.5 Å². The molecule has 15 heavy (non-hydrogen) atoms. The molecule has 82 valence electrons. The molecule has 3 heteroatoms. The van der Waals surface area contributed by atoms with E-state index in [1.807, 2.05) is 6.33 Å². The number of hydrogen-bond acceptors (Lipinski definition) is 2. The molecule has 0 aliphatic heterocycles. The van der Waals surface area contributed by atoms with Crippen LogP contribution in [0.5, 0.6) is 0 Å². The maximum Gasteiger partial charge on any atom is 0.0954 e. The van der Waals surface area contributed by atoms with Crippen LogP contribution in [0.25, 0.3) is 0 Å². The van der Waals surface area contributed by atoms with Gasteiger partial charge < -0.3 is 10.3 Å². The van der Waals surface area contributed by atoms with Crippen molar-refractivity contribution in [3.8, 4) is 0 Å². The third-order valence-corrected chi connectivity index (χ3v) is 4.52. The van der Waals surface area contributed by atoms with E-state index in [9.17, 15) is 0 Å². The zero-order valence-corrected chi connectivity index (χ0v) is 9.37. The molecule has 0 aromatic carbocycles. The first-order valence-corrected chi connectivity index (χ1v) is 5.92. The first-order valence-electron chi connectivity index (χ1n) is 5.92. The molecule has 2 bridgehead atoms. The van der Waals surface area contributed by atoms with Gasteiger partial charge in [-0.05, 0) is 45.4 Å². The van der Waals surface area contributed by atoms with Crippen molar-refractivity contribution in [3.63, 3.8) is 0 Å². The highest BCUT2D eigenvalue weighted by Gasteiger charge is 2.47. The third-order valence-electron chi connectivity index (χ3n) is 4.52. The van der Waals surface area contributed by atoms with Crippen LogP contribution in [0.3, 0.4) is 0 Å². The minimum atomic E-state index is 0.164. The fraction of sp³-hybridized carbons (Fsp3) is 0.750. The van der Waals surface area contributed by atoms with Gasteiger partial charge in [-0.2, -0.15) is 0 Å². The predicted molar refractivity (Wildman–Crippen MR) is 59.6 cm³/mol. The number of hydrogen-bond donors (Lipinski definition) is 1. The average Bonchev–Trinajstić information content (AvgIpc) is 2.67. The Kier molecular flexibility index (Phi) is 1.78. The van der Waals surface area contributed by atoms with Crippen molar-refractivity contribution in [2.24, 2.45) is 5.73 Å². The molecule has 3 aliphatic carbocycles. The highest BCUT2D eigenvalue weighted by atomic mass is 15.1. The molecule has 1 aromatic heterocycles. The van der Waals surface area contributed by atoms with Gasteiger partial charge in [0.25, 0.3) is 0 Å². The summed E-state index contributed by atoms with van der Waals surface area (Å²) < 4.78 is 2.35. The van der Waals surface area contributed by atoms with E-state index in [0.29, 0.717) is 5.54 Å². The van der Waals surface area contributed by atoms with Crippen molar-refractivity contribution in [2.75, 3.05) is 0 Å². The molecule has 0 saturated heterocycles. The van der Waals surface area contributed by atoms with E-state index < -0.39 is 0 Å². The normalized spacial score (nSPS) is 39.6. The standard InChI is InChI=1S/C12H19N3/c1-10-8-15(9-14-10)12-5-2-11(13,3-6-12)4-7-12/h8-9H,2-7,13H2,1H3. The molecule has 0 amide bonds. The maximum atomic E-state index is 6.31. The Bertz CT molecular complexity index is 355. The highest BCUT2D eigenvalue weighted by Crippen LogP contribution is 2.49. The van der Waals surface area contributed by atoms with Crippen LogP contribution in [0.2, 0.25) is 0 Å². The number of rotatable bonds is 1. The Morgan fingerprint density at radius 2 is 1.80 bits per heavy atom. The second-order valence-electron chi connectivity index (χ2n) is 5.51. The van der Waals surface area contributed by atoms with E-state index in [4.69, 9.17) is 5.73 Å². The van der Waals surface area contributed by atoms with Gasteiger partial charge in [-0.3, -0.25) is 0 Å². The SMILES string of the molecule is Cc1cn(C23CCC(N)(CC2)CC3)cn1. The molecule has 3 saturated carbocycles. The fourth-order valence-corrected chi connectivity index (χ4v) is 3.26. The van der Waals surface area contributed by atoms with Crippen LogP contribution >= 0.6 is 0 Å². The molecular formula is C12H19N3. The Morgan fingerprint density at radius 3 is 2.27 bits per heavy atom. The second-order valence-corrected chi connectivity index (χ2v) is 5.51. The monoisotopic (exact) mass is 205 g/mol. The number of nitrogens with two attached hydrogens (primary N) is 1. The first kappa shape index (κ1) is 9.40. The van der Waals surface area contributed by atoms with Gasteiger partial charge in [-0.1, -0.05) is 0 Å². The summed E-state index contributed by atoms with van der Waals surface area (Å²) in [5, 5.41) is 0. The minimum Gasteiger partial charge on any atom is -0.331 e. The average molecular weight is 205 g/mol. The molecule has 3 nitrogen and oxygen atoms in total. The van der Waals surface area contributed by atoms with Gasteiger partial charge in [0.05, 0.1) is 12.0 Å². The molecule has 0 atom stereocenters. The third kappa shape index (κ3) is 1.33. The van der Waals surface area contributed by atoms with Crippen molar-refractivity contribution in [2.45, 2.75) is 56.5 Å². The lowest BCUT2D eigenvalue weighted by atomic mass is 9.62. The van der Waals surface area contributed by atoms with Gasteiger partial charge in [0.15, 0.2) is 0 Å². The van der Waals surface area contributed by atoms with Gasteiger partial charge in [0.1, 0.15) is 0 Å². The Labute approximate surface area is 90.7 Å². The van der Waals surface area contributed by atoms with E-state index in [1.54, 1.807) is 0 Å². The predicted octanol–water partition coefficient (Wildman–Crippen LogP) is 1.95. The van der Waals surface area contributed by atoms with Crippen LogP contribution in [0.1, 0.15) is 44.2 Å². The Morgan fingerprint density at radius 1 is 1.20 bits per heavy atom. The van der Waals surface area contributed by atoms with Gasteiger partial charge in [0.2, 0.25) is 0 Å². The van der Waals surface area contributed by atoms with Gasteiger partial charge in [-0.15, -0.1) is 0 Å². The maximum absolute atomic E-state index is 6.31. The minimum absolute atomic E-state index is 0.164. The molecule has 3 fully saturated rings. The number of fused-ring (bicyclic) bond motifs is 3. The second kappa shape index (κ2) is 2.85. The van der Waals surface area contributed by atoms with Crippen LogP contribution in [0.15, 0.2) is 12.5 Å². The topological polar surface area (TPSA) is 43.8 Å². The molecule has 4 rings (SSSR count). The lowest BCUT2D eigenvalue weighted by Gasteiger charge is -2.52. The summed E-state index contributed by atoms with van der Waals surface area (Å²) >= 11 is 0. The molecule has 0 spiro atoms. The molecule has 0 unspecified atom stereocenters. The smallest absolute Gasteiger partial charge is 0.0954 e. The summed E-state index contributed by atoms with van der Waals surface area (Å²) in [7, 11) is 0. The van der Waals surface area contributed by atoms with E-state index >= 15 is 0 Å². The quantitative estimate of drug-likeness (QED) is 0.761. The molecule has 3 aliphatic rings. The number of aryl methyl sites for hydroxylation is 1. The summed E-state index contributed by atoms with van der Waals surface area (Å²) in [5.74, 6) is 0. The summed E-state index contributed by atoms with van der Waals surface area (Å²) in [4.78, 5) is 4.35. The largest absolute Gasteiger partial charge is 0.331 e. The molecule has 0 radical (unpaired) electrons. The van der Waals surface area contributed by atoms with Gasteiger partial charge in [-0.25, -0.2) is 4.98 Å². The van der Waals surface area contributed by atoms with E-state index in [0.717, 1.165) is 5.69 Å². The highest BCUT2D eigenvalue weighted by molar-refractivity contribution is 5.08. The van der Waals surface area contributed by atoms with Gasteiger partial charge >= 0.3 is 0 Å². The van der Waals surface area contributed by atoms with Crippen LogP contribution in [0.4, 0.5) is 0 Å². The lowest BCUT2D eigenvalue weighted by molar-refractivity contribution is 0.0536. The van der Waals surface area contributed by atoms with Crippen LogP contribution in [-0.4, -0.2) is 15.1 Å². The molecule has 1 heterocycles. The number of imidazole rings is 1. The van der Waals surface area contributed by atoms with E-state index in [-0.39, 0.29) is 5.54 Å². The van der Waals surface area contributed by atoms with Gasteiger partial charge in [0, 0.05) is 17.3 Å². The molecule has 2 N–H and O–H groups in total. The van der Waals surface area contributed by atoms with Crippen molar-refractivity contribution in [1.29, 1.82) is 0 Å². The number of aromatic nitrogens is 2. The van der Waals surface area contributed by atoms with Crippen molar-refractivity contribution in [1.82, 2.24) is 9.55 Å². The fourth-order valence-electron chi connectivity index (χ4n) is 3.26. The van der Waals surface area contributed by atoms with Crippen molar-refractivity contribution >= 4 is 0 Å². The molecule has 1 aromatic rings. The van der Waals surface area contributed by atoms with Crippen LogP contribution in [-0.2, 0) is 5.54 Å². The number of nitrogens with zero attached hydrogens (tertiary/aromatic N) is 2.